The van der Waals surface area contributed by atoms with Crippen LogP contribution in [0.4, 0.5) is 0 Å². The number of rotatable bonds is 17. The van der Waals surface area contributed by atoms with Crippen molar-refractivity contribution in [2.75, 3.05) is 40.9 Å². The first-order valence-electron chi connectivity index (χ1n) is 15.6. The number of phosphoric ester groups is 1. The van der Waals surface area contributed by atoms with Gasteiger partial charge in [-0.3, -0.25) is 4.57 Å². The van der Waals surface area contributed by atoms with Crippen LogP contribution in [-0.2, 0) is 13.6 Å². The van der Waals surface area contributed by atoms with Gasteiger partial charge in [-0.2, -0.15) is 0 Å². The Bertz CT molecular complexity index is 1240. The van der Waals surface area contributed by atoms with Crippen LogP contribution >= 0.6 is 7.82 Å². The second-order valence-electron chi connectivity index (χ2n) is 13.1. The highest BCUT2D eigenvalue weighted by molar-refractivity contribution is 7.45. The Morgan fingerprint density at radius 3 is 2.21 bits per heavy atom. The van der Waals surface area contributed by atoms with E-state index in [0.717, 1.165) is 63.4 Å². The van der Waals surface area contributed by atoms with Crippen molar-refractivity contribution < 1.29 is 28.1 Å². The summed E-state index contributed by atoms with van der Waals surface area (Å²) in [7, 11) is 1.74. The molecule has 2 aliphatic rings. The number of aliphatic hydroxyl groups excluding tert-OH is 1. The zero-order valence-electron chi connectivity index (χ0n) is 25.8. The van der Waals surface area contributed by atoms with Crippen LogP contribution in [0.2, 0.25) is 0 Å². The number of hydrogen-bond donors (Lipinski definition) is 1. The lowest BCUT2D eigenvalue weighted by Gasteiger charge is -2.37. The Morgan fingerprint density at radius 1 is 0.952 bits per heavy atom. The van der Waals surface area contributed by atoms with E-state index in [9.17, 15) is 14.6 Å². The minimum absolute atomic E-state index is 0.133. The number of unbranched alkanes of at least 4 members (excludes halogenated alkanes) is 5. The molecule has 7 heteroatoms. The summed E-state index contributed by atoms with van der Waals surface area (Å²) in [5, 5.41) is 11.2. The summed E-state index contributed by atoms with van der Waals surface area (Å²) in [6.45, 7) is 5.58. The smallest absolute Gasteiger partial charge is 0.268 e. The first-order chi connectivity index (χ1) is 20.0. The van der Waals surface area contributed by atoms with Gasteiger partial charge in [0.25, 0.3) is 7.82 Å². The first kappa shape index (κ1) is 32.9. The Labute approximate surface area is 253 Å². The highest BCUT2D eigenvalue weighted by Gasteiger charge is 2.56. The number of nitrogens with zero attached hydrogens (tertiary/aromatic N) is 1. The van der Waals surface area contributed by atoms with Crippen molar-refractivity contribution in [2.24, 2.45) is 11.3 Å². The average molecular weight is 596 g/mol. The molecule has 1 N–H and O–H groups in total. The SMILES string of the molecule is C=C(c1ccccc1)C12CCC(O)C1CC(CCCCCCCCOP(=O)([O-])OCC[N+](C)(C)C)=C2c1ccccc1. The molecule has 1 saturated carbocycles. The maximum atomic E-state index is 11.9. The number of fused-ring (bicyclic) bond motifs is 1. The average Bonchev–Trinajstić information content (AvgIpc) is 3.46. The molecule has 0 saturated heterocycles. The van der Waals surface area contributed by atoms with Crippen LogP contribution in [-0.4, -0.2) is 56.6 Å². The normalized spacial score (nSPS) is 23.6. The summed E-state index contributed by atoms with van der Waals surface area (Å²) >= 11 is 0. The summed E-state index contributed by atoms with van der Waals surface area (Å²) in [4.78, 5) is 11.9. The number of phosphoric acid groups is 1. The van der Waals surface area contributed by atoms with E-state index in [1.807, 2.05) is 27.2 Å². The number of benzene rings is 2. The molecule has 4 unspecified atom stereocenters. The van der Waals surface area contributed by atoms with Crippen LogP contribution in [0, 0.1) is 11.3 Å². The van der Waals surface area contributed by atoms with Gasteiger partial charge < -0.3 is 23.5 Å². The number of quaternary nitrogens is 1. The molecule has 1 fully saturated rings. The monoisotopic (exact) mass is 595 g/mol. The van der Waals surface area contributed by atoms with Crippen LogP contribution in [0.5, 0.6) is 0 Å². The molecule has 4 atom stereocenters. The van der Waals surface area contributed by atoms with Crippen molar-refractivity contribution in [1.29, 1.82) is 0 Å². The fourth-order valence-electron chi connectivity index (χ4n) is 6.90. The van der Waals surface area contributed by atoms with Crippen molar-refractivity contribution in [3.8, 4) is 0 Å². The molecule has 0 amide bonds. The van der Waals surface area contributed by atoms with E-state index in [2.05, 4.69) is 61.2 Å². The maximum Gasteiger partial charge on any atom is 0.268 e. The predicted octanol–water partition coefficient (Wildman–Crippen LogP) is 7.25. The molecule has 6 nitrogen and oxygen atoms in total. The van der Waals surface area contributed by atoms with E-state index in [-0.39, 0.29) is 30.7 Å². The fourth-order valence-corrected chi connectivity index (χ4v) is 7.63. The topological polar surface area (TPSA) is 78.8 Å². The first-order valence-corrected chi connectivity index (χ1v) is 17.1. The number of allylic oxidation sites excluding steroid dienone is 3. The van der Waals surface area contributed by atoms with E-state index < -0.39 is 7.82 Å². The lowest BCUT2D eigenvalue weighted by molar-refractivity contribution is -0.870. The zero-order chi connectivity index (χ0) is 30.2. The molecule has 2 aliphatic carbocycles. The third kappa shape index (κ3) is 8.31. The van der Waals surface area contributed by atoms with Crippen molar-refractivity contribution >= 4 is 19.0 Å². The highest BCUT2D eigenvalue weighted by Crippen LogP contribution is 2.66. The molecular formula is C35H50NO5P. The quantitative estimate of drug-likeness (QED) is 0.118. The fraction of sp³-hybridized carbons (Fsp3) is 0.543. The third-order valence-electron chi connectivity index (χ3n) is 9.05. The van der Waals surface area contributed by atoms with Gasteiger partial charge in [0.15, 0.2) is 0 Å². The van der Waals surface area contributed by atoms with Crippen LogP contribution in [0.1, 0.15) is 75.3 Å². The molecule has 2 aromatic carbocycles. The molecule has 42 heavy (non-hydrogen) atoms. The second-order valence-corrected chi connectivity index (χ2v) is 14.5. The molecule has 0 heterocycles. The lowest BCUT2D eigenvalue weighted by Crippen LogP contribution is -2.37. The molecule has 0 aromatic heterocycles. The summed E-state index contributed by atoms with van der Waals surface area (Å²) in [5.74, 6) is 0.170. The van der Waals surface area contributed by atoms with Gasteiger partial charge in [0.05, 0.1) is 33.9 Å². The summed E-state index contributed by atoms with van der Waals surface area (Å²) in [5.41, 5.74) is 6.22. The van der Waals surface area contributed by atoms with E-state index in [1.54, 1.807) is 0 Å². The van der Waals surface area contributed by atoms with Gasteiger partial charge >= 0.3 is 0 Å². The van der Waals surface area contributed by atoms with Crippen LogP contribution in [0.25, 0.3) is 11.1 Å². The Hall–Kier alpha value is -2.05. The molecule has 4 rings (SSSR count). The molecule has 0 radical (unpaired) electrons. The molecule has 230 valence electrons. The van der Waals surface area contributed by atoms with E-state index in [0.29, 0.717) is 17.4 Å². The lowest BCUT2D eigenvalue weighted by atomic mass is 9.66. The van der Waals surface area contributed by atoms with Crippen LogP contribution in [0.15, 0.2) is 72.8 Å². The zero-order valence-corrected chi connectivity index (χ0v) is 26.7. The van der Waals surface area contributed by atoms with Gasteiger partial charge in [-0.25, -0.2) is 0 Å². The predicted molar refractivity (Wildman–Crippen MR) is 169 cm³/mol. The van der Waals surface area contributed by atoms with Gasteiger partial charge in [-0.1, -0.05) is 98.5 Å². The minimum Gasteiger partial charge on any atom is -0.756 e. The van der Waals surface area contributed by atoms with Crippen LogP contribution in [0.3, 0.4) is 0 Å². The van der Waals surface area contributed by atoms with E-state index >= 15 is 0 Å². The summed E-state index contributed by atoms with van der Waals surface area (Å²) in [6.07, 6.45) is 9.43. The molecule has 0 spiro atoms. The highest BCUT2D eigenvalue weighted by atomic mass is 31.2. The second kappa shape index (κ2) is 14.6. The van der Waals surface area contributed by atoms with E-state index in [4.69, 9.17) is 9.05 Å². The van der Waals surface area contributed by atoms with Gasteiger partial charge in [-0.15, -0.1) is 0 Å². The molecule has 0 bridgehead atoms. The minimum atomic E-state index is -4.22. The molecular weight excluding hydrogens is 545 g/mol. The summed E-state index contributed by atoms with van der Waals surface area (Å²) in [6, 6.07) is 21.2. The molecule has 0 aliphatic heterocycles. The Balaban J connectivity index is 1.30. The standard InChI is InChI=1S/C35H50NO5P/c1-28(29-17-12-9-13-18-29)35-23-22-33(37)32(35)27-31(34(35)30-19-14-10-15-20-30)21-11-7-5-6-8-16-25-40-42(38,39)41-26-24-36(2,3)4/h9-10,12-15,17-20,32-33,37H,1,5-8,11,16,21-27H2,2-4H3. The van der Waals surface area contributed by atoms with Gasteiger partial charge in [0.2, 0.25) is 0 Å². The van der Waals surface area contributed by atoms with Crippen molar-refractivity contribution in [3.05, 3.63) is 83.9 Å². The van der Waals surface area contributed by atoms with Crippen molar-refractivity contribution in [3.63, 3.8) is 0 Å². The van der Waals surface area contributed by atoms with Crippen molar-refractivity contribution in [2.45, 2.75) is 70.3 Å². The third-order valence-corrected chi connectivity index (χ3v) is 10.1. The van der Waals surface area contributed by atoms with Crippen LogP contribution < -0.4 is 4.89 Å². The van der Waals surface area contributed by atoms with Gasteiger partial charge in [0, 0.05) is 11.3 Å². The Morgan fingerprint density at radius 2 is 1.55 bits per heavy atom. The number of hydrogen-bond acceptors (Lipinski definition) is 5. The van der Waals surface area contributed by atoms with Gasteiger partial charge in [0.1, 0.15) is 13.2 Å². The Kier molecular flexibility index (Phi) is 11.4. The largest absolute Gasteiger partial charge is 0.756 e. The van der Waals surface area contributed by atoms with Gasteiger partial charge in [-0.05, 0) is 60.8 Å². The summed E-state index contributed by atoms with van der Waals surface area (Å²) < 4.78 is 22.6. The van der Waals surface area contributed by atoms with E-state index in [1.165, 1.54) is 22.3 Å². The number of aliphatic hydroxyl groups is 1. The maximum absolute atomic E-state index is 11.9. The molecule has 2 aromatic rings. The van der Waals surface area contributed by atoms with Crippen molar-refractivity contribution in [1.82, 2.24) is 0 Å². The number of likely N-dealkylation sites (N-methyl/N-ethyl adjacent to an activating group) is 1.